The number of aromatic nitrogens is 2. The van der Waals surface area contributed by atoms with Gasteiger partial charge in [-0.2, -0.15) is 0 Å². The first-order valence-electron chi connectivity index (χ1n) is 14.2. The van der Waals surface area contributed by atoms with Crippen molar-refractivity contribution in [1.29, 1.82) is 0 Å². The standard InChI is InChI=1S/C26H38FN5O2.2C2H6.2H2/c1-17-9-6-7-14-32(17)18(2)15-21(30-23(33)12-13-26(3,4)5)25(34)28-16-22-29-20-11-8-10-19(27)24(20)31-22;2*1-2;;/h8,10-11,17,21H,2,6-7,9,12-16H2,1,3-5H3,(H,28,34)(H,29,31)(H,30,33);2*1-2H3;2*1H/t17-,21-;;;;/m0..../s1. The fraction of sp³-hybridized carbons (Fsp3) is 0.633. The lowest BCUT2D eigenvalue weighted by Crippen LogP contribution is -2.48. The van der Waals surface area contributed by atoms with Crippen molar-refractivity contribution < 1.29 is 16.8 Å². The number of nitrogens with one attached hydrogen (secondary N) is 3. The summed E-state index contributed by atoms with van der Waals surface area (Å²) in [6.45, 7) is 21.7. The second-order valence-corrected chi connectivity index (χ2v) is 10.5. The Morgan fingerprint density at radius 3 is 2.53 bits per heavy atom. The molecule has 1 saturated heterocycles. The lowest BCUT2D eigenvalue weighted by atomic mass is 9.90. The number of hydrogen-bond acceptors (Lipinski definition) is 4. The van der Waals surface area contributed by atoms with Crippen LogP contribution in [0.1, 0.15) is 103 Å². The van der Waals surface area contributed by atoms with E-state index >= 15 is 0 Å². The van der Waals surface area contributed by atoms with Crippen LogP contribution in [0.2, 0.25) is 0 Å². The van der Waals surface area contributed by atoms with Crippen LogP contribution >= 0.6 is 0 Å². The maximum absolute atomic E-state index is 13.9. The summed E-state index contributed by atoms with van der Waals surface area (Å²) in [5.41, 5.74) is 1.70. The molecule has 38 heavy (non-hydrogen) atoms. The van der Waals surface area contributed by atoms with E-state index in [0.717, 1.165) is 31.5 Å². The monoisotopic (exact) mass is 535 g/mol. The average Bonchev–Trinajstić information content (AvgIpc) is 3.32. The molecule has 1 fully saturated rings. The van der Waals surface area contributed by atoms with Crippen molar-refractivity contribution in [3.05, 3.63) is 42.1 Å². The van der Waals surface area contributed by atoms with Crippen molar-refractivity contribution in [3.63, 3.8) is 0 Å². The molecule has 218 valence electrons. The Hall–Kier alpha value is -2.90. The SMILES string of the molecule is C=C(C[C@H](NC(=O)CCC(C)(C)C)C(=O)NCc1nc2c(F)cccc2[nH]1)N1CCCC[C@@H]1C.CC.CC.[HH].[HH]. The van der Waals surface area contributed by atoms with Crippen molar-refractivity contribution in [2.24, 2.45) is 5.41 Å². The number of likely N-dealkylation sites (tertiary alicyclic amines) is 1. The van der Waals surface area contributed by atoms with Crippen molar-refractivity contribution in [2.75, 3.05) is 6.54 Å². The average molecular weight is 536 g/mol. The first-order valence-corrected chi connectivity index (χ1v) is 14.2. The van der Waals surface area contributed by atoms with Crippen molar-refractivity contribution >= 4 is 22.8 Å². The van der Waals surface area contributed by atoms with E-state index in [1.165, 1.54) is 12.5 Å². The van der Waals surface area contributed by atoms with Gasteiger partial charge in [0, 0.05) is 34.0 Å². The highest BCUT2D eigenvalue weighted by Crippen LogP contribution is 2.24. The third kappa shape index (κ3) is 10.5. The predicted octanol–water partition coefficient (Wildman–Crippen LogP) is 6.95. The number of fused-ring (bicyclic) bond motifs is 1. The fourth-order valence-electron chi connectivity index (χ4n) is 4.31. The molecule has 3 N–H and O–H groups in total. The van der Waals surface area contributed by atoms with Crippen LogP contribution in [0.5, 0.6) is 0 Å². The number of piperidine rings is 1. The van der Waals surface area contributed by atoms with Crippen LogP contribution in [0.15, 0.2) is 30.5 Å². The molecule has 1 aromatic carbocycles. The third-order valence-corrected chi connectivity index (χ3v) is 6.35. The lowest BCUT2D eigenvalue weighted by Gasteiger charge is -2.37. The molecule has 1 aliphatic rings. The van der Waals surface area contributed by atoms with Gasteiger partial charge in [0.2, 0.25) is 11.8 Å². The number of rotatable bonds is 9. The first kappa shape index (κ1) is 33.1. The Morgan fingerprint density at radius 2 is 1.92 bits per heavy atom. The number of hydrogen-bond donors (Lipinski definition) is 3. The first-order chi connectivity index (χ1) is 18.0. The van der Waals surface area contributed by atoms with Gasteiger partial charge in [0.25, 0.3) is 0 Å². The van der Waals surface area contributed by atoms with E-state index in [1.807, 2.05) is 27.7 Å². The highest BCUT2D eigenvalue weighted by molar-refractivity contribution is 5.88. The van der Waals surface area contributed by atoms with E-state index in [9.17, 15) is 14.0 Å². The molecule has 3 rings (SSSR count). The summed E-state index contributed by atoms with van der Waals surface area (Å²) >= 11 is 0. The molecule has 1 aliphatic heterocycles. The van der Waals surface area contributed by atoms with Crippen LogP contribution in [0.4, 0.5) is 4.39 Å². The van der Waals surface area contributed by atoms with Crippen LogP contribution in [0, 0.1) is 11.2 Å². The van der Waals surface area contributed by atoms with E-state index in [0.29, 0.717) is 30.2 Å². The van der Waals surface area contributed by atoms with Gasteiger partial charge >= 0.3 is 0 Å². The van der Waals surface area contributed by atoms with Crippen LogP contribution in [-0.4, -0.2) is 45.3 Å². The van der Waals surface area contributed by atoms with Gasteiger partial charge in [0.15, 0.2) is 5.82 Å². The molecule has 0 saturated carbocycles. The number of carbonyl (C=O) groups is 2. The molecule has 1 aromatic heterocycles. The zero-order valence-corrected chi connectivity index (χ0v) is 24.8. The zero-order chi connectivity index (χ0) is 28.9. The summed E-state index contributed by atoms with van der Waals surface area (Å²) < 4.78 is 13.9. The molecule has 2 atom stereocenters. The van der Waals surface area contributed by atoms with E-state index < -0.39 is 11.9 Å². The van der Waals surface area contributed by atoms with E-state index in [-0.39, 0.29) is 32.1 Å². The van der Waals surface area contributed by atoms with Gasteiger partial charge in [-0.15, -0.1) is 0 Å². The van der Waals surface area contributed by atoms with Gasteiger partial charge in [-0.1, -0.05) is 61.1 Å². The Kier molecular flexibility index (Phi) is 14.1. The lowest BCUT2D eigenvalue weighted by molar-refractivity contribution is -0.129. The van der Waals surface area contributed by atoms with Crippen LogP contribution in [0.3, 0.4) is 0 Å². The topological polar surface area (TPSA) is 90.1 Å². The molecule has 8 heteroatoms. The highest BCUT2D eigenvalue weighted by atomic mass is 19.1. The number of para-hydroxylation sites is 1. The van der Waals surface area contributed by atoms with Gasteiger partial charge in [-0.05, 0) is 50.2 Å². The summed E-state index contributed by atoms with van der Waals surface area (Å²) in [7, 11) is 0. The molecule has 0 bridgehead atoms. The Labute approximate surface area is 232 Å². The number of nitrogens with zero attached hydrogens (tertiary/aromatic N) is 2. The summed E-state index contributed by atoms with van der Waals surface area (Å²) in [5, 5.41) is 5.76. The summed E-state index contributed by atoms with van der Waals surface area (Å²) in [6, 6.07) is 4.32. The minimum absolute atomic E-state index is 0. The van der Waals surface area contributed by atoms with Gasteiger partial charge in [0.05, 0.1) is 12.1 Å². The van der Waals surface area contributed by atoms with E-state index in [2.05, 4.69) is 59.8 Å². The van der Waals surface area contributed by atoms with E-state index in [1.54, 1.807) is 12.1 Å². The Balaban J connectivity index is 0. The molecule has 0 radical (unpaired) electrons. The molecular weight excluding hydrogens is 481 g/mol. The number of benzene rings is 1. The Bertz CT molecular complexity index is 1040. The van der Waals surface area contributed by atoms with Crippen molar-refractivity contribution in [2.45, 2.75) is 113 Å². The highest BCUT2D eigenvalue weighted by Gasteiger charge is 2.27. The second kappa shape index (κ2) is 16.1. The molecule has 2 aromatic rings. The minimum Gasteiger partial charge on any atom is -0.373 e. The quantitative estimate of drug-likeness (QED) is 0.324. The van der Waals surface area contributed by atoms with Crippen molar-refractivity contribution in [3.8, 4) is 0 Å². The number of H-pyrrole nitrogens is 1. The Morgan fingerprint density at radius 1 is 1.24 bits per heavy atom. The van der Waals surface area contributed by atoms with Gasteiger partial charge in [-0.25, -0.2) is 9.37 Å². The minimum atomic E-state index is -0.741. The summed E-state index contributed by atoms with van der Waals surface area (Å²) in [4.78, 5) is 35.3. The van der Waals surface area contributed by atoms with Gasteiger partial charge in [-0.3, -0.25) is 9.59 Å². The van der Waals surface area contributed by atoms with Crippen molar-refractivity contribution in [1.82, 2.24) is 25.5 Å². The third-order valence-electron chi connectivity index (χ3n) is 6.35. The zero-order valence-electron chi connectivity index (χ0n) is 24.8. The van der Waals surface area contributed by atoms with Crippen LogP contribution < -0.4 is 10.6 Å². The second-order valence-electron chi connectivity index (χ2n) is 10.5. The van der Waals surface area contributed by atoms with E-state index in [4.69, 9.17) is 0 Å². The molecule has 0 spiro atoms. The molecule has 0 aliphatic carbocycles. The maximum atomic E-state index is 13.9. The summed E-state index contributed by atoms with van der Waals surface area (Å²) in [6.07, 6.45) is 4.80. The number of carbonyl (C=O) groups excluding carboxylic acids is 2. The van der Waals surface area contributed by atoms with Crippen LogP contribution in [0.25, 0.3) is 11.0 Å². The van der Waals surface area contributed by atoms with Crippen LogP contribution in [-0.2, 0) is 16.1 Å². The fourth-order valence-corrected chi connectivity index (χ4v) is 4.31. The number of amides is 2. The normalized spacial score (nSPS) is 15.9. The molecule has 2 heterocycles. The molecule has 0 unspecified atom stereocenters. The largest absolute Gasteiger partial charge is 0.373 e. The maximum Gasteiger partial charge on any atom is 0.243 e. The molecular formula is C30H54FN5O2. The molecule has 7 nitrogen and oxygen atoms in total. The molecule has 2 amide bonds. The van der Waals surface area contributed by atoms with Gasteiger partial charge in [0.1, 0.15) is 17.4 Å². The number of halogens is 1. The van der Waals surface area contributed by atoms with Gasteiger partial charge < -0.3 is 20.5 Å². The number of imidazole rings is 1. The summed E-state index contributed by atoms with van der Waals surface area (Å²) in [5.74, 6) is -0.423. The number of aromatic amines is 1. The predicted molar refractivity (Wildman–Crippen MR) is 159 cm³/mol. The smallest absolute Gasteiger partial charge is 0.243 e.